The highest BCUT2D eigenvalue weighted by Gasteiger charge is 2.26. The van der Waals surface area contributed by atoms with Crippen LogP contribution < -0.4 is 0 Å². The van der Waals surface area contributed by atoms with Crippen LogP contribution in [0.15, 0.2) is 194 Å². The van der Waals surface area contributed by atoms with Gasteiger partial charge in [0.05, 0.1) is 51.2 Å². The number of nitriles is 2. The largest absolute Gasteiger partial charge is 0.307 e. The van der Waals surface area contributed by atoms with Crippen molar-refractivity contribution in [3.8, 4) is 68.3 Å². The average Bonchev–Trinajstić information content (AvgIpc) is 3.87. The van der Waals surface area contributed by atoms with Crippen molar-refractivity contribution in [2.45, 2.75) is 0 Å². The Morgan fingerprint density at radius 3 is 1.60 bits per heavy atom. The molecule has 0 aliphatic rings. The predicted molar refractivity (Wildman–Crippen MR) is 250 cm³/mol. The molecule has 11 rings (SSSR count). The van der Waals surface area contributed by atoms with Crippen molar-refractivity contribution in [1.82, 2.24) is 14.1 Å². The monoisotopic (exact) mass is 788 g/mol. The molecule has 0 N–H and O–H groups in total. The molecule has 6 heteroatoms. The lowest BCUT2D eigenvalue weighted by Crippen LogP contribution is -2.02. The summed E-state index contributed by atoms with van der Waals surface area (Å²) in [4.78, 5) is 9.23. The van der Waals surface area contributed by atoms with E-state index >= 15 is 0 Å². The summed E-state index contributed by atoms with van der Waals surface area (Å²) in [5.74, 6) is 0. The molecule has 0 aliphatic heterocycles. The van der Waals surface area contributed by atoms with E-state index in [1.165, 1.54) is 5.39 Å². The second-order valence-electron chi connectivity index (χ2n) is 15.2. The van der Waals surface area contributed by atoms with Gasteiger partial charge in [-0.25, -0.2) is 9.83 Å². The molecule has 8 aromatic carbocycles. The number of para-hydroxylation sites is 4. The van der Waals surface area contributed by atoms with Crippen LogP contribution in [0.5, 0.6) is 0 Å². The van der Waals surface area contributed by atoms with Crippen LogP contribution in [0, 0.1) is 29.2 Å². The summed E-state index contributed by atoms with van der Waals surface area (Å²) in [5.41, 5.74) is 12.5. The third-order valence-corrected chi connectivity index (χ3v) is 11.8. The van der Waals surface area contributed by atoms with E-state index in [0.717, 1.165) is 71.9 Å². The number of rotatable bonds is 6. The number of benzene rings is 8. The molecule has 0 fully saturated rings. The quantitative estimate of drug-likeness (QED) is 0.157. The van der Waals surface area contributed by atoms with Gasteiger partial charge in [0.2, 0.25) is 0 Å². The highest BCUT2D eigenvalue weighted by atomic mass is 15.0. The summed E-state index contributed by atoms with van der Waals surface area (Å²) in [6, 6.07) is 69.9. The number of nitrogens with zero attached hydrogens (tertiary/aromatic N) is 6. The van der Waals surface area contributed by atoms with Crippen LogP contribution in [0.2, 0.25) is 0 Å². The molecule has 0 amide bonds. The summed E-state index contributed by atoms with van der Waals surface area (Å²) in [6.07, 6.45) is 0. The van der Waals surface area contributed by atoms with E-state index in [2.05, 4.69) is 129 Å². The van der Waals surface area contributed by atoms with Crippen molar-refractivity contribution in [1.29, 1.82) is 10.5 Å². The van der Waals surface area contributed by atoms with Crippen LogP contribution in [0.4, 0.5) is 5.69 Å². The van der Waals surface area contributed by atoms with Crippen LogP contribution in [-0.2, 0) is 0 Å². The minimum atomic E-state index is 0.278. The first kappa shape index (κ1) is 36.1. The zero-order valence-corrected chi connectivity index (χ0v) is 33.2. The third-order valence-electron chi connectivity index (χ3n) is 11.8. The van der Waals surface area contributed by atoms with Gasteiger partial charge in [-0.2, -0.15) is 10.5 Å². The van der Waals surface area contributed by atoms with Crippen molar-refractivity contribution in [3.63, 3.8) is 0 Å². The fourth-order valence-electron chi connectivity index (χ4n) is 9.20. The molecule has 11 aromatic rings. The minimum absolute atomic E-state index is 0.278. The number of fused-ring (bicyclic) bond motifs is 7. The Balaban J connectivity index is 1.21. The van der Waals surface area contributed by atoms with Crippen molar-refractivity contribution in [2.24, 2.45) is 0 Å². The second kappa shape index (κ2) is 14.7. The van der Waals surface area contributed by atoms with E-state index in [9.17, 15) is 10.5 Å². The molecule has 0 spiro atoms. The van der Waals surface area contributed by atoms with Crippen molar-refractivity contribution < 1.29 is 0 Å². The van der Waals surface area contributed by atoms with Crippen LogP contribution in [0.3, 0.4) is 0 Å². The molecule has 0 saturated carbocycles. The van der Waals surface area contributed by atoms with Crippen molar-refractivity contribution in [3.05, 3.63) is 217 Å². The molecule has 3 aromatic heterocycles. The minimum Gasteiger partial charge on any atom is -0.307 e. The van der Waals surface area contributed by atoms with Gasteiger partial charge >= 0.3 is 0 Å². The van der Waals surface area contributed by atoms with Crippen LogP contribution in [0.25, 0.3) is 105 Å². The summed E-state index contributed by atoms with van der Waals surface area (Å²) in [7, 11) is 0. The molecular weight excluding hydrogens is 757 g/mol. The lowest BCUT2D eigenvalue weighted by molar-refractivity contribution is 1.15. The van der Waals surface area contributed by atoms with E-state index in [4.69, 9.17) is 11.6 Å². The van der Waals surface area contributed by atoms with E-state index in [0.29, 0.717) is 33.8 Å². The lowest BCUT2D eigenvalue weighted by atomic mass is 9.89. The Morgan fingerprint density at radius 2 is 0.952 bits per heavy atom. The van der Waals surface area contributed by atoms with Gasteiger partial charge in [0.25, 0.3) is 0 Å². The summed E-state index contributed by atoms with van der Waals surface area (Å²) in [6.45, 7) is 8.62. The van der Waals surface area contributed by atoms with E-state index in [1.807, 2.05) is 91.0 Å². The Labute approximate surface area is 357 Å². The van der Waals surface area contributed by atoms with Crippen LogP contribution in [-0.4, -0.2) is 14.1 Å². The predicted octanol–water partition coefficient (Wildman–Crippen LogP) is 14.2. The van der Waals surface area contributed by atoms with E-state index < -0.39 is 0 Å². The fraction of sp³-hybridized carbons (Fsp3) is 0. The highest BCUT2D eigenvalue weighted by Crippen LogP contribution is 2.47. The molecule has 0 saturated heterocycles. The van der Waals surface area contributed by atoms with Gasteiger partial charge in [0.1, 0.15) is 12.1 Å². The maximum Gasteiger partial charge on any atom is 0.195 e. The molecule has 0 aliphatic carbocycles. The van der Waals surface area contributed by atoms with E-state index in [1.54, 1.807) is 0 Å². The van der Waals surface area contributed by atoms with Crippen LogP contribution >= 0.6 is 0 Å². The van der Waals surface area contributed by atoms with Gasteiger partial charge in [-0.1, -0.05) is 158 Å². The maximum atomic E-state index is 10.8. The van der Waals surface area contributed by atoms with Gasteiger partial charge < -0.3 is 9.13 Å². The zero-order valence-electron chi connectivity index (χ0n) is 33.2. The second-order valence-corrected chi connectivity index (χ2v) is 15.2. The average molecular weight is 789 g/mol. The maximum absolute atomic E-state index is 10.8. The molecule has 0 radical (unpaired) electrons. The van der Waals surface area contributed by atoms with Gasteiger partial charge in [-0.15, -0.1) is 0 Å². The van der Waals surface area contributed by atoms with Crippen LogP contribution in [0.1, 0.15) is 11.1 Å². The Morgan fingerprint density at radius 1 is 0.435 bits per heavy atom. The topological polar surface area (TPSA) is 74.7 Å². The molecular formula is C56H32N6. The fourth-order valence-corrected chi connectivity index (χ4v) is 9.20. The molecule has 0 unspecified atom stereocenters. The first-order valence-electron chi connectivity index (χ1n) is 20.3. The third kappa shape index (κ3) is 5.51. The Hall–Kier alpha value is -9.02. The first-order valence-corrected chi connectivity index (χ1v) is 20.3. The number of hydrogen-bond donors (Lipinski definition) is 0. The number of pyridine rings is 1. The molecule has 286 valence electrons. The van der Waals surface area contributed by atoms with Gasteiger partial charge in [-0.05, 0) is 58.7 Å². The number of hydrogen-bond acceptors (Lipinski definition) is 3. The SMILES string of the molecule is [C-]#[N+]c1cc(-c2nc(-c3ccccc3)c(C#N)c(-c3ccccc3)c2C#N)ccc1-c1cccc2c3ccc4c5ccccc5n(-c5ccccc5)c4c3n(-c3ccccc3)c12. The summed E-state index contributed by atoms with van der Waals surface area (Å²) in [5, 5.41) is 25.9. The molecule has 0 bridgehead atoms. The van der Waals surface area contributed by atoms with E-state index in [-0.39, 0.29) is 5.56 Å². The zero-order chi connectivity index (χ0) is 41.7. The summed E-state index contributed by atoms with van der Waals surface area (Å²) >= 11 is 0. The lowest BCUT2D eigenvalue weighted by Gasteiger charge is -2.17. The molecule has 62 heavy (non-hydrogen) atoms. The molecule has 0 atom stereocenters. The number of aromatic nitrogens is 3. The Kier molecular flexibility index (Phi) is 8.54. The smallest absolute Gasteiger partial charge is 0.195 e. The Bertz CT molecular complexity index is 3690. The standard InChI is InChI=1S/C56H32N6/c1-59-49-33-38(53-48(35-58)51(36-17-6-2-7-18-36)47(34-57)52(60-53)37-19-8-3-9-20-37)29-30-41(49)43-26-16-27-44-46-32-31-45-42-25-14-15-28-50(42)61(39-21-10-4-11-22-39)55(45)56(46)62(54(43)44)40-23-12-5-13-24-40/h2-33H. The summed E-state index contributed by atoms with van der Waals surface area (Å²) < 4.78 is 4.73. The van der Waals surface area contributed by atoms with Gasteiger partial charge in [0.15, 0.2) is 5.69 Å². The first-order chi connectivity index (χ1) is 30.7. The highest BCUT2D eigenvalue weighted by molar-refractivity contribution is 6.25. The normalized spacial score (nSPS) is 11.2. The van der Waals surface area contributed by atoms with Crippen molar-refractivity contribution in [2.75, 3.05) is 0 Å². The van der Waals surface area contributed by atoms with Crippen molar-refractivity contribution >= 4 is 49.3 Å². The molecule has 3 heterocycles. The molecule has 6 nitrogen and oxygen atoms in total. The van der Waals surface area contributed by atoms with Gasteiger partial charge in [-0.3, -0.25) is 0 Å². The van der Waals surface area contributed by atoms with Gasteiger partial charge in [0, 0.05) is 44.0 Å².